The van der Waals surface area contributed by atoms with Crippen molar-refractivity contribution in [2.75, 3.05) is 44.9 Å². The number of hydrogen-bond acceptors (Lipinski definition) is 3. The third-order valence-corrected chi connectivity index (χ3v) is 6.30. The summed E-state index contributed by atoms with van der Waals surface area (Å²) >= 11 is 12.1. The van der Waals surface area contributed by atoms with Crippen molar-refractivity contribution in [2.24, 2.45) is 0 Å². The summed E-state index contributed by atoms with van der Waals surface area (Å²) in [5.41, 5.74) is 4.33. The maximum Gasteiger partial charge on any atom is 0.322 e. The molecule has 1 aliphatic carbocycles. The minimum absolute atomic E-state index is 0.112. The Morgan fingerprint density at radius 1 is 1.06 bits per heavy atom. The number of carbonyl (C=O) groups excluding carboxylic acids is 1. The van der Waals surface area contributed by atoms with Crippen LogP contribution in [0.2, 0.25) is 10.0 Å². The minimum atomic E-state index is -0.112. The smallest absolute Gasteiger partial charge is 0.322 e. The van der Waals surface area contributed by atoms with Crippen molar-refractivity contribution in [1.82, 2.24) is 9.80 Å². The first-order valence-corrected chi connectivity index (χ1v) is 11.3. The first kappa shape index (κ1) is 23.5. The number of benzene rings is 2. The van der Waals surface area contributed by atoms with Gasteiger partial charge in [0, 0.05) is 37.6 Å². The van der Waals surface area contributed by atoms with Gasteiger partial charge in [0.25, 0.3) is 0 Å². The van der Waals surface area contributed by atoms with Crippen LogP contribution in [0.3, 0.4) is 0 Å². The van der Waals surface area contributed by atoms with Gasteiger partial charge in [0.15, 0.2) is 0 Å². The number of amides is 2. The van der Waals surface area contributed by atoms with Crippen LogP contribution in [0.15, 0.2) is 48.5 Å². The molecule has 2 aromatic rings. The molecule has 7 heteroatoms. The van der Waals surface area contributed by atoms with Crippen molar-refractivity contribution in [2.45, 2.75) is 25.3 Å². The van der Waals surface area contributed by atoms with E-state index in [1.807, 2.05) is 26.0 Å². The number of halogens is 2. The minimum Gasteiger partial charge on any atom is -0.388 e. The lowest BCUT2D eigenvalue weighted by atomic mass is 9.90. The second-order valence-corrected chi connectivity index (χ2v) is 8.86. The van der Waals surface area contributed by atoms with Gasteiger partial charge < -0.3 is 20.4 Å². The van der Waals surface area contributed by atoms with Crippen LogP contribution in [0.4, 0.5) is 16.2 Å². The molecule has 0 spiro atoms. The third-order valence-electron chi connectivity index (χ3n) is 5.57. The second kappa shape index (κ2) is 10.9. The van der Waals surface area contributed by atoms with Gasteiger partial charge in [-0.1, -0.05) is 41.4 Å². The topological polar surface area (TPSA) is 47.6 Å². The summed E-state index contributed by atoms with van der Waals surface area (Å²) in [4.78, 5) is 17.2. The molecule has 0 fully saturated rings. The van der Waals surface area contributed by atoms with E-state index in [4.69, 9.17) is 23.2 Å². The van der Waals surface area contributed by atoms with E-state index in [-0.39, 0.29) is 12.1 Å². The van der Waals surface area contributed by atoms with Crippen LogP contribution in [0.5, 0.6) is 0 Å². The predicted molar refractivity (Wildman–Crippen MR) is 132 cm³/mol. The molecule has 1 atom stereocenters. The summed E-state index contributed by atoms with van der Waals surface area (Å²) in [5, 5.41) is 7.07. The molecule has 0 aliphatic heterocycles. The fourth-order valence-corrected chi connectivity index (χ4v) is 4.06. The van der Waals surface area contributed by atoms with Gasteiger partial charge in [-0.2, -0.15) is 0 Å². The second-order valence-electron chi connectivity index (χ2n) is 8.04. The van der Waals surface area contributed by atoms with Crippen molar-refractivity contribution in [3.05, 3.63) is 64.1 Å². The molecule has 0 radical (unpaired) electrons. The number of nitrogens with one attached hydrogen (secondary N) is 2. The van der Waals surface area contributed by atoms with Gasteiger partial charge in [-0.15, -0.1) is 0 Å². The van der Waals surface area contributed by atoms with E-state index in [1.165, 1.54) is 11.1 Å². The Bertz CT molecular complexity index is 945. The fourth-order valence-electron chi connectivity index (χ4n) is 3.77. The molecule has 0 saturated heterocycles. The normalized spacial score (nSPS) is 16.1. The molecule has 1 aliphatic rings. The Morgan fingerprint density at radius 2 is 1.87 bits per heavy atom. The Balaban J connectivity index is 1.73. The first-order chi connectivity index (χ1) is 14.9. The molecule has 0 bridgehead atoms. The SMILES string of the molecule is CNc1cccc(C2=CCC(N(CCN(C)C)C(=O)Nc3ccc(Cl)c(Cl)c3)CC2)c1. The van der Waals surface area contributed by atoms with Gasteiger partial charge in [0.2, 0.25) is 0 Å². The molecule has 0 heterocycles. The van der Waals surface area contributed by atoms with Crippen LogP contribution in [0, 0.1) is 0 Å². The lowest BCUT2D eigenvalue weighted by Gasteiger charge is -2.35. The summed E-state index contributed by atoms with van der Waals surface area (Å²) < 4.78 is 0. The lowest BCUT2D eigenvalue weighted by molar-refractivity contribution is 0.175. The molecule has 1 unspecified atom stereocenters. The van der Waals surface area contributed by atoms with E-state index in [0.29, 0.717) is 22.3 Å². The average Bonchev–Trinajstić information content (AvgIpc) is 2.76. The molecule has 5 nitrogen and oxygen atoms in total. The molecule has 2 N–H and O–H groups in total. The van der Waals surface area contributed by atoms with Crippen molar-refractivity contribution < 1.29 is 4.79 Å². The Kier molecular flexibility index (Phi) is 8.24. The van der Waals surface area contributed by atoms with Crippen molar-refractivity contribution in [1.29, 1.82) is 0 Å². The van der Waals surface area contributed by atoms with Crippen LogP contribution in [0.1, 0.15) is 24.8 Å². The summed E-state index contributed by atoms with van der Waals surface area (Å²) in [7, 11) is 5.96. The summed E-state index contributed by atoms with van der Waals surface area (Å²) in [5.74, 6) is 0. The Hall–Kier alpha value is -2.21. The largest absolute Gasteiger partial charge is 0.388 e. The van der Waals surface area contributed by atoms with Gasteiger partial charge in [-0.25, -0.2) is 4.79 Å². The highest BCUT2D eigenvalue weighted by Crippen LogP contribution is 2.31. The zero-order valence-electron chi connectivity index (χ0n) is 18.3. The van der Waals surface area contributed by atoms with Gasteiger partial charge >= 0.3 is 6.03 Å². The molecular formula is C24H30Cl2N4O. The fraction of sp³-hybridized carbons (Fsp3) is 0.375. The summed E-state index contributed by atoms with van der Waals surface area (Å²) in [6, 6.07) is 13.6. The highest BCUT2D eigenvalue weighted by Gasteiger charge is 2.26. The van der Waals surface area contributed by atoms with E-state index >= 15 is 0 Å². The number of urea groups is 1. The molecule has 166 valence electrons. The number of likely N-dealkylation sites (N-methyl/N-ethyl adjacent to an activating group) is 1. The molecule has 0 aromatic heterocycles. The third kappa shape index (κ3) is 6.39. The maximum atomic E-state index is 13.1. The van der Waals surface area contributed by atoms with Gasteiger partial charge in [0.05, 0.1) is 10.0 Å². The van der Waals surface area contributed by atoms with Crippen molar-refractivity contribution >= 4 is 46.2 Å². The van der Waals surface area contributed by atoms with E-state index in [2.05, 4.69) is 45.9 Å². The van der Waals surface area contributed by atoms with E-state index in [0.717, 1.165) is 31.5 Å². The zero-order chi connectivity index (χ0) is 22.4. The van der Waals surface area contributed by atoms with Gasteiger partial charge in [0.1, 0.15) is 0 Å². The maximum absolute atomic E-state index is 13.1. The predicted octanol–water partition coefficient (Wildman–Crippen LogP) is 6.07. The monoisotopic (exact) mass is 460 g/mol. The van der Waals surface area contributed by atoms with E-state index in [9.17, 15) is 4.79 Å². The number of allylic oxidation sites excluding steroid dienone is 1. The molecule has 2 aromatic carbocycles. The van der Waals surface area contributed by atoms with Gasteiger partial charge in [-0.05, 0) is 74.8 Å². The summed E-state index contributed by atoms with van der Waals surface area (Å²) in [6.07, 6.45) is 4.98. The van der Waals surface area contributed by atoms with Crippen LogP contribution >= 0.6 is 23.2 Å². The Labute approximate surface area is 195 Å². The van der Waals surface area contributed by atoms with Gasteiger partial charge in [-0.3, -0.25) is 0 Å². The van der Waals surface area contributed by atoms with Crippen LogP contribution in [-0.2, 0) is 0 Å². The van der Waals surface area contributed by atoms with Crippen LogP contribution in [-0.4, -0.2) is 56.1 Å². The zero-order valence-corrected chi connectivity index (χ0v) is 19.8. The number of anilines is 2. The van der Waals surface area contributed by atoms with Crippen molar-refractivity contribution in [3.63, 3.8) is 0 Å². The number of rotatable bonds is 7. The first-order valence-electron chi connectivity index (χ1n) is 10.5. The Morgan fingerprint density at radius 3 is 2.52 bits per heavy atom. The number of carbonyl (C=O) groups is 1. The van der Waals surface area contributed by atoms with Crippen LogP contribution in [0.25, 0.3) is 5.57 Å². The number of hydrogen-bond donors (Lipinski definition) is 2. The average molecular weight is 461 g/mol. The standard InChI is InChI=1S/C24H30Cl2N4O/c1-27-19-6-4-5-18(15-19)17-7-10-21(11-8-17)30(14-13-29(2)3)24(31)28-20-9-12-22(25)23(26)16-20/h4-7,9,12,15-16,21,27H,8,10-11,13-14H2,1-3H3,(H,28,31). The quantitative estimate of drug-likeness (QED) is 0.527. The summed E-state index contributed by atoms with van der Waals surface area (Å²) in [6.45, 7) is 1.45. The molecule has 0 saturated carbocycles. The molecular weight excluding hydrogens is 431 g/mol. The highest BCUT2D eigenvalue weighted by atomic mass is 35.5. The highest BCUT2D eigenvalue weighted by molar-refractivity contribution is 6.42. The molecule has 31 heavy (non-hydrogen) atoms. The van der Waals surface area contributed by atoms with E-state index < -0.39 is 0 Å². The lowest BCUT2D eigenvalue weighted by Crippen LogP contribution is -2.46. The molecule has 3 rings (SSSR count). The van der Waals surface area contributed by atoms with Crippen LogP contribution < -0.4 is 10.6 Å². The van der Waals surface area contributed by atoms with E-state index in [1.54, 1.807) is 18.2 Å². The van der Waals surface area contributed by atoms with Crippen molar-refractivity contribution in [3.8, 4) is 0 Å². The number of nitrogens with zero attached hydrogens (tertiary/aromatic N) is 2. The molecule has 2 amide bonds.